The molecule has 4 rings (SSSR count). The number of halogens is 1. The Kier molecular flexibility index (Phi) is 4.77. The molecule has 0 amide bonds. The minimum absolute atomic E-state index is 0.167. The lowest BCUT2D eigenvalue weighted by Gasteiger charge is -2.14. The molecular weight excluding hydrogens is 359 g/mol. The van der Waals surface area contributed by atoms with E-state index in [9.17, 15) is 14.0 Å². The Morgan fingerprint density at radius 2 is 1.86 bits per heavy atom. The molecule has 3 aromatic rings. The summed E-state index contributed by atoms with van der Waals surface area (Å²) in [6.07, 6.45) is 4.99. The molecule has 0 radical (unpaired) electrons. The van der Waals surface area contributed by atoms with E-state index in [4.69, 9.17) is 4.74 Å². The van der Waals surface area contributed by atoms with E-state index in [1.165, 1.54) is 52.5 Å². The average Bonchev–Trinajstić information content (AvgIpc) is 3.36. The van der Waals surface area contributed by atoms with Crippen LogP contribution in [-0.2, 0) is 17.6 Å². The lowest BCUT2D eigenvalue weighted by molar-refractivity contribution is 0.0311. The van der Waals surface area contributed by atoms with Crippen molar-refractivity contribution in [3.8, 4) is 5.69 Å². The van der Waals surface area contributed by atoms with E-state index < -0.39 is 12.1 Å². The maximum atomic E-state index is 13.1. The molecule has 28 heavy (non-hydrogen) atoms. The summed E-state index contributed by atoms with van der Waals surface area (Å²) in [5, 5.41) is 0. The van der Waals surface area contributed by atoms with E-state index in [2.05, 4.69) is 4.98 Å². The average molecular weight is 378 g/mol. The molecule has 1 aliphatic carbocycles. The van der Waals surface area contributed by atoms with Gasteiger partial charge >= 0.3 is 5.97 Å². The van der Waals surface area contributed by atoms with Gasteiger partial charge in [-0.05, 0) is 67.6 Å². The molecule has 1 aromatic heterocycles. The Morgan fingerprint density at radius 1 is 1.11 bits per heavy atom. The highest BCUT2D eigenvalue weighted by atomic mass is 19.1. The Balaban J connectivity index is 1.50. The van der Waals surface area contributed by atoms with Crippen LogP contribution in [0.4, 0.5) is 4.39 Å². The topological polar surface area (TPSA) is 61.2 Å². The molecule has 0 aliphatic heterocycles. The van der Waals surface area contributed by atoms with Crippen LogP contribution in [-0.4, -0.2) is 27.4 Å². The zero-order valence-corrected chi connectivity index (χ0v) is 15.4. The van der Waals surface area contributed by atoms with Crippen LogP contribution in [0.1, 0.15) is 45.3 Å². The van der Waals surface area contributed by atoms with Crippen LogP contribution in [0.5, 0.6) is 0 Å². The van der Waals surface area contributed by atoms with Crippen molar-refractivity contribution in [3.63, 3.8) is 0 Å². The van der Waals surface area contributed by atoms with Gasteiger partial charge in [-0.2, -0.15) is 0 Å². The van der Waals surface area contributed by atoms with Gasteiger partial charge in [-0.15, -0.1) is 0 Å². The van der Waals surface area contributed by atoms with Gasteiger partial charge in [0, 0.05) is 11.3 Å². The van der Waals surface area contributed by atoms with Gasteiger partial charge in [0.05, 0.1) is 12.5 Å². The van der Waals surface area contributed by atoms with Crippen molar-refractivity contribution in [2.75, 3.05) is 0 Å². The largest absolute Gasteiger partial charge is 0.450 e. The normalized spacial score (nSPS) is 13.8. The summed E-state index contributed by atoms with van der Waals surface area (Å²) in [6.45, 7) is 1.56. The molecule has 0 saturated carbocycles. The second-order valence-corrected chi connectivity index (χ2v) is 6.87. The van der Waals surface area contributed by atoms with Gasteiger partial charge in [0.15, 0.2) is 11.8 Å². The van der Waals surface area contributed by atoms with Crippen molar-refractivity contribution >= 4 is 11.8 Å². The highest BCUT2D eigenvalue weighted by Gasteiger charge is 2.24. The number of Topliss-reactive ketones (excluding diaryl/α,β-unsaturated/α-hetero) is 1. The number of hydrogen-bond acceptors (Lipinski definition) is 4. The number of carbonyl (C=O) groups excluding carboxylic acids is 2. The maximum Gasteiger partial charge on any atom is 0.357 e. The SMILES string of the molecule is CC(OC(=O)c1cncn1-c1ccc(F)cc1)C(=O)c1ccc2c(c1)CCC2. The predicted molar refractivity (Wildman–Crippen MR) is 101 cm³/mol. The third-order valence-electron chi connectivity index (χ3n) is 4.99. The molecule has 6 heteroatoms. The van der Waals surface area contributed by atoms with E-state index >= 15 is 0 Å². The van der Waals surface area contributed by atoms with Gasteiger partial charge in [-0.25, -0.2) is 14.2 Å². The summed E-state index contributed by atoms with van der Waals surface area (Å²) >= 11 is 0. The summed E-state index contributed by atoms with van der Waals surface area (Å²) in [4.78, 5) is 29.3. The summed E-state index contributed by atoms with van der Waals surface area (Å²) in [6, 6.07) is 11.3. The first-order valence-electron chi connectivity index (χ1n) is 9.18. The first-order chi connectivity index (χ1) is 13.5. The third kappa shape index (κ3) is 3.45. The van der Waals surface area contributed by atoms with Gasteiger partial charge in [0.1, 0.15) is 5.82 Å². The van der Waals surface area contributed by atoms with Crippen LogP contribution in [0, 0.1) is 5.82 Å². The van der Waals surface area contributed by atoms with E-state index in [-0.39, 0.29) is 17.3 Å². The van der Waals surface area contributed by atoms with E-state index in [0.29, 0.717) is 11.3 Å². The van der Waals surface area contributed by atoms with Crippen molar-refractivity contribution in [2.45, 2.75) is 32.3 Å². The van der Waals surface area contributed by atoms with Crippen LogP contribution < -0.4 is 0 Å². The van der Waals surface area contributed by atoms with Crippen molar-refractivity contribution in [1.82, 2.24) is 9.55 Å². The molecule has 142 valence electrons. The van der Waals surface area contributed by atoms with Gasteiger partial charge in [0.25, 0.3) is 0 Å². The number of ketones is 1. The fraction of sp³-hybridized carbons (Fsp3) is 0.227. The molecule has 1 atom stereocenters. The molecule has 0 saturated heterocycles. The number of benzene rings is 2. The molecule has 5 nitrogen and oxygen atoms in total. The first kappa shape index (κ1) is 18.1. The standard InChI is InChI=1S/C22H19FN2O3/c1-14(21(26)17-6-5-15-3-2-4-16(15)11-17)28-22(27)20-12-24-13-25(20)19-9-7-18(23)8-10-19/h5-14H,2-4H2,1H3. The summed E-state index contributed by atoms with van der Waals surface area (Å²) in [7, 11) is 0. The van der Waals surface area contributed by atoms with Crippen LogP contribution >= 0.6 is 0 Å². The number of nitrogens with zero attached hydrogens (tertiary/aromatic N) is 2. The van der Waals surface area contributed by atoms with E-state index in [1.54, 1.807) is 13.0 Å². The van der Waals surface area contributed by atoms with E-state index in [0.717, 1.165) is 19.3 Å². The fourth-order valence-corrected chi connectivity index (χ4v) is 3.49. The quantitative estimate of drug-likeness (QED) is 0.499. The number of rotatable bonds is 5. The molecule has 2 aromatic carbocycles. The first-order valence-corrected chi connectivity index (χ1v) is 9.18. The maximum absolute atomic E-state index is 13.1. The van der Waals surface area contributed by atoms with Gasteiger partial charge in [-0.1, -0.05) is 12.1 Å². The van der Waals surface area contributed by atoms with Gasteiger partial charge in [-0.3, -0.25) is 9.36 Å². The highest BCUT2D eigenvalue weighted by Crippen LogP contribution is 2.24. The third-order valence-corrected chi connectivity index (χ3v) is 4.99. The van der Waals surface area contributed by atoms with Crippen LogP contribution in [0.2, 0.25) is 0 Å². The highest BCUT2D eigenvalue weighted by molar-refractivity contribution is 6.01. The minimum Gasteiger partial charge on any atom is -0.450 e. The van der Waals surface area contributed by atoms with Crippen LogP contribution in [0.25, 0.3) is 5.69 Å². The predicted octanol–water partition coefficient (Wildman–Crippen LogP) is 3.93. The van der Waals surface area contributed by atoms with Crippen molar-refractivity contribution in [3.05, 3.63) is 83.2 Å². The summed E-state index contributed by atoms with van der Waals surface area (Å²) < 4.78 is 20.0. The lowest BCUT2D eigenvalue weighted by Crippen LogP contribution is -2.25. The molecular formula is C22H19FN2O3. The van der Waals surface area contributed by atoms with Crippen molar-refractivity contribution in [1.29, 1.82) is 0 Å². The zero-order chi connectivity index (χ0) is 19.7. The Bertz CT molecular complexity index is 1040. The lowest BCUT2D eigenvalue weighted by atomic mass is 10.0. The Hall–Kier alpha value is -3.28. The van der Waals surface area contributed by atoms with Gasteiger partial charge < -0.3 is 4.74 Å². The van der Waals surface area contributed by atoms with Crippen molar-refractivity contribution < 1.29 is 18.7 Å². The minimum atomic E-state index is -0.927. The second-order valence-electron chi connectivity index (χ2n) is 6.87. The van der Waals surface area contributed by atoms with E-state index in [1.807, 2.05) is 12.1 Å². The van der Waals surface area contributed by atoms with Crippen molar-refractivity contribution in [2.24, 2.45) is 0 Å². The zero-order valence-electron chi connectivity index (χ0n) is 15.4. The number of aryl methyl sites for hydroxylation is 2. The summed E-state index contributed by atoms with van der Waals surface area (Å²) in [5.74, 6) is -1.28. The Labute approximate surface area is 161 Å². The second kappa shape index (κ2) is 7.38. The molecule has 1 unspecified atom stereocenters. The monoisotopic (exact) mass is 378 g/mol. The number of hydrogen-bond donors (Lipinski definition) is 0. The van der Waals surface area contributed by atoms with Crippen LogP contribution in [0.3, 0.4) is 0 Å². The molecule has 0 bridgehead atoms. The smallest absolute Gasteiger partial charge is 0.357 e. The number of ether oxygens (including phenoxy) is 1. The number of esters is 1. The van der Waals surface area contributed by atoms with Crippen LogP contribution in [0.15, 0.2) is 55.0 Å². The molecule has 0 fully saturated rings. The molecule has 0 spiro atoms. The summed E-state index contributed by atoms with van der Waals surface area (Å²) in [5.41, 5.74) is 3.76. The molecule has 1 aliphatic rings. The Morgan fingerprint density at radius 3 is 2.64 bits per heavy atom. The number of aromatic nitrogens is 2. The fourth-order valence-electron chi connectivity index (χ4n) is 3.49. The van der Waals surface area contributed by atoms with Gasteiger partial charge in [0.2, 0.25) is 5.78 Å². The number of fused-ring (bicyclic) bond motifs is 1. The molecule has 0 N–H and O–H groups in total. The number of imidazole rings is 1. The molecule has 1 heterocycles. The number of carbonyl (C=O) groups is 2.